The predicted octanol–water partition coefficient (Wildman–Crippen LogP) is 6.88. The summed E-state index contributed by atoms with van der Waals surface area (Å²) in [7, 11) is 2.86. The Morgan fingerprint density at radius 1 is 0.923 bits per heavy atom. The fourth-order valence-corrected chi connectivity index (χ4v) is 5.99. The number of benzene rings is 3. The first kappa shape index (κ1) is 28.4. The van der Waals surface area contributed by atoms with Gasteiger partial charge in [-0.15, -0.1) is 11.8 Å². The largest absolute Gasteiger partial charge is 0.493 e. The molecule has 3 aromatic carbocycles. The summed E-state index contributed by atoms with van der Waals surface area (Å²) in [5, 5.41) is -0.145. The molecule has 0 saturated carbocycles. The summed E-state index contributed by atoms with van der Waals surface area (Å²) in [6, 6.07) is 22.6. The van der Waals surface area contributed by atoms with Gasteiger partial charge in [0.1, 0.15) is 16.9 Å². The van der Waals surface area contributed by atoms with Crippen LogP contribution in [0.25, 0.3) is 0 Å². The molecule has 1 fully saturated rings. The Labute approximate surface area is 234 Å². The van der Waals surface area contributed by atoms with Crippen molar-refractivity contribution in [3.8, 4) is 23.0 Å². The van der Waals surface area contributed by atoms with Gasteiger partial charge in [-0.1, -0.05) is 50.1 Å². The van der Waals surface area contributed by atoms with Gasteiger partial charge in [0, 0.05) is 6.54 Å². The quantitative estimate of drug-likeness (QED) is 0.170. The molecule has 0 N–H and O–H groups in total. The molecular weight excluding hydrogens is 514 g/mol. The lowest BCUT2D eigenvalue weighted by molar-refractivity contribution is -0.130. The fourth-order valence-electron chi connectivity index (χ4n) is 4.46. The number of carbonyl (C=O) groups is 2. The molecule has 3 aromatic rings. The molecule has 206 valence electrons. The van der Waals surface area contributed by atoms with E-state index < -0.39 is 5.97 Å². The van der Waals surface area contributed by atoms with Crippen LogP contribution in [0.5, 0.6) is 23.0 Å². The van der Waals surface area contributed by atoms with Crippen LogP contribution in [0, 0.1) is 0 Å². The van der Waals surface area contributed by atoms with Gasteiger partial charge in [-0.2, -0.15) is 0 Å². The number of methoxy groups -OCH3 is 2. The molecule has 0 bridgehead atoms. The zero-order valence-electron chi connectivity index (χ0n) is 22.6. The van der Waals surface area contributed by atoms with E-state index in [1.54, 1.807) is 30.0 Å². The zero-order valence-corrected chi connectivity index (χ0v) is 23.4. The highest BCUT2D eigenvalue weighted by Crippen LogP contribution is 2.45. The maximum Gasteiger partial charge on any atom is 0.337 e. The summed E-state index contributed by atoms with van der Waals surface area (Å²) in [5.74, 6) is 2.25. The normalized spacial score (nSPS) is 16.7. The van der Waals surface area contributed by atoms with Crippen LogP contribution in [0.15, 0.2) is 72.8 Å². The highest BCUT2D eigenvalue weighted by Gasteiger charge is 2.40. The minimum absolute atomic E-state index is 0.0551. The number of carbonyl (C=O) groups excluding carboxylic acids is 2. The second-order valence-corrected chi connectivity index (χ2v) is 10.5. The van der Waals surface area contributed by atoms with Crippen molar-refractivity contribution in [3.05, 3.63) is 83.9 Å². The van der Waals surface area contributed by atoms with E-state index in [2.05, 4.69) is 13.0 Å². The molecule has 0 aliphatic carbocycles. The van der Waals surface area contributed by atoms with E-state index in [9.17, 15) is 9.59 Å². The van der Waals surface area contributed by atoms with Crippen LogP contribution in [0.3, 0.4) is 0 Å². The summed E-state index contributed by atoms with van der Waals surface area (Å²) in [6.07, 6.45) is 3.59. The molecule has 1 heterocycles. The number of rotatable bonds is 13. The Kier molecular flexibility index (Phi) is 10.1. The van der Waals surface area contributed by atoms with Gasteiger partial charge in [0.05, 0.1) is 31.6 Å². The average Bonchev–Trinajstić information content (AvgIpc) is 3.29. The summed E-state index contributed by atoms with van der Waals surface area (Å²) >= 11 is 1.72. The molecule has 1 saturated heterocycles. The van der Waals surface area contributed by atoms with Crippen molar-refractivity contribution < 1.29 is 28.5 Å². The summed E-state index contributed by atoms with van der Waals surface area (Å²) in [4.78, 5) is 27.2. The van der Waals surface area contributed by atoms with Crippen LogP contribution in [-0.4, -0.2) is 49.4 Å². The van der Waals surface area contributed by atoms with Crippen molar-refractivity contribution in [1.29, 1.82) is 0 Å². The SMILES string of the molecule is CCCCC1SC(c2cccc(Oc3ccccc3)c2)N(CCCOc2ccc(C(=O)OC)cc2OC)C1=O. The molecule has 1 amide bonds. The molecule has 0 radical (unpaired) electrons. The molecule has 7 nitrogen and oxygen atoms in total. The highest BCUT2D eigenvalue weighted by molar-refractivity contribution is 8.01. The van der Waals surface area contributed by atoms with Crippen molar-refractivity contribution in [2.75, 3.05) is 27.4 Å². The summed E-state index contributed by atoms with van der Waals surface area (Å²) in [5.41, 5.74) is 1.43. The van der Waals surface area contributed by atoms with Gasteiger partial charge in [-0.25, -0.2) is 4.79 Å². The smallest absolute Gasteiger partial charge is 0.337 e. The van der Waals surface area contributed by atoms with Crippen LogP contribution in [0.2, 0.25) is 0 Å². The first-order chi connectivity index (χ1) is 19.0. The first-order valence-electron chi connectivity index (χ1n) is 13.2. The number of nitrogens with zero attached hydrogens (tertiary/aromatic N) is 1. The molecule has 2 unspecified atom stereocenters. The molecular formula is C31H35NO6S. The van der Waals surface area contributed by atoms with E-state index in [0.717, 1.165) is 36.3 Å². The lowest BCUT2D eigenvalue weighted by Crippen LogP contribution is -2.32. The van der Waals surface area contributed by atoms with Crippen LogP contribution in [0.4, 0.5) is 0 Å². The molecule has 39 heavy (non-hydrogen) atoms. The molecule has 8 heteroatoms. The van der Waals surface area contributed by atoms with Gasteiger partial charge in [0.25, 0.3) is 0 Å². The Hall–Kier alpha value is -3.65. The molecule has 1 aliphatic heterocycles. The maximum absolute atomic E-state index is 13.4. The van der Waals surface area contributed by atoms with E-state index in [1.807, 2.05) is 53.4 Å². The fraction of sp³-hybridized carbons (Fsp3) is 0.355. The Balaban J connectivity index is 1.43. The second-order valence-electron chi connectivity index (χ2n) is 9.20. The molecule has 2 atom stereocenters. The van der Waals surface area contributed by atoms with E-state index >= 15 is 0 Å². The number of amides is 1. The van der Waals surface area contributed by atoms with Crippen molar-refractivity contribution in [2.24, 2.45) is 0 Å². The number of unbranched alkanes of at least 4 members (excludes halogenated alkanes) is 1. The van der Waals surface area contributed by atoms with E-state index in [-0.39, 0.29) is 16.5 Å². The number of para-hydroxylation sites is 1. The van der Waals surface area contributed by atoms with Gasteiger partial charge in [-0.05, 0) is 60.9 Å². The summed E-state index contributed by atoms with van der Waals surface area (Å²) < 4.78 is 22.2. The van der Waals surface area contributed by atoms with Crippen molar-refractivity contribution in [2.45, 2.75) is 43.2 Å². The molecule has 0 aromatic heterocycles. The maximum atomic E-state index is 13.4. The van der Waals surface area contributed by atoms with E-state index in [4.69, 9.17) is 18.9 Å². The Morgan fingerprint density at radius 3 is 2.46 bits per heavy atom. The topological polar surface area (TPSA) is 74.3 Å². The van der Waals surface area contributed by atoms with E-state index in [1.165, 1.54) is 14.2 Å². The Bertz CT molecular complexity index is 1250. The van der Waals surface area contributed by atoms with Gasteiger partial charge in [0.15, 0.2) is 11.5 Å². The minimum atomic E-state index is -0.438. The first-order valence-corrected chi connectivity index (χ1v) is 14.2. The molecule has 4 rings (SSSR count). The molecule has 0 spiro atoms. The van der Waals surface area contributed by atoms with Crippen LogP contribution in [0.1, 0.15) is 53.9 Å². The van der Waals surface area contributed by atoms with Gasteiger partial charge >= 0.3 is 5.97 Å². The van der Waals surface area contributed by atoms with E-state index in [0.29, 0.717) is 36.6 Å². The predicted molar refractivity (Wildman–Crippen MR) is 153 cm³/mol. The lowest BCUT2D eigenvalue weighted by Gasteiger charge is -2.24. The standard InChI is InChI=1S/C31H35NO6S/c1-4-5-15-28-29(33)32(18-10-19-37-26-17-16-23(31(34)36-3)21-27(26)35-2)30(39-28)22-11-9-14-25(20-22)38-24-12-7-6-8-13-24/h6-9,11-14,16-17,20-21,28,30H,4-5,10,15,18-19H2,1-3H3. The highest BCUT2D eigenvalue weighted by atomic mass is 32.2. The summed E-state index contributed by atoms with van der Waals surface area (Å²) in [6.45, 7) is 3.10. The average molecular weight is 550 g/mol. The third-order valence-electron chi connectivity index (χ3n) is 6.46. The van der Waals surface area contributed by atoms with Crippen molar-refractivity contribution >= 4 is 23.6 Å². The van der Waals surface area contributed by atoms with Gasteiger partial charge in [0.2, 0.25) is 5.91 Å². The number of esters is 1. The minimum Gasteiger partial charge on any atom is -0.493 e. The van der Waals surface area contributed by atoms with Gasteiger partial charge in [-0.3, -0.25) is 4.79 Å². The van der Waals surface area contributed by atoms with Crippen LogP contribution < -0.4 is 14.2 Å². The monoisotopic (exact) mass is 549 g/mol. The second kappa shape index (κ2) is 13.9. The number of ether oxygens (including phenoxy) is 4. The van der Waals surface area contributed by atoms with Crippen molar-refractivity contribution in [1.82, 2.24) is 4.90 Å². The third kappa shape index (κ3) is 7.26. The van der Waals surface area contributed by atoms with Crippen LogP contribution in [-0.2, 0) is 9.53 Å². The Morgan fingerprint density at radius 2 is 1.72 bits per heavy atom. The molecule has 1 aliphatic rings. The van der Waals surface area contributed by atoms with Crippen molar-refractivity contribution in [3.63, 3.8) is 0 Å². The van der Waals surface area contributed by atoms with Crippen LogP contribution >= 0.6 is 11.8 Å². The van der Waals surface area contributed by atoms with Gasteiger partial charge < -0.3 is 23.8 Å². The third-order valence-corrected chi connectivity index (χ3v) is 8.01. The lowest BCUT2D eigenvalue weighted by atomic mass is 10.1. The number of hydrogen-bond acceptors (Lipinski definition) is 7. The number of thioether (sulfide) groups is 1. The zero-order chi connectivity index (χ0) is 27.6. The number of hydrogen-bond donors (Lipinski definition) is 0.